The minimum Gasteiger partial charge on any atom is -0.504 e. The van der Waals surface area contributed by atoms with E-state index in [0.29, 0.717) is 11.8 Å². The van der Waals surface area contributed by atoms with Gasteiger partial charge in [0.1, 0.15) is 0 Å². The predicted molar refractivity (Wildman–Crippen MR) is 65.7 cm³/mol. The quantitative estimate of drug-likeness (QED) is 0.490. The number of hydrogen-bond acceptors (Lipinski definition) is 5. The van der Waals surface area contributed by atoms with Gasteiger partial charge in [-0.1, -0.05) is 0 Å². The van der Waals surface area contributed by atoms with Crippen LogP contribution in [0.2, 0.25) is 0 Å². The van der Waals surface area contributed by atoms with Gasteiger partial charge >= 0.3 is 5.97 Å². The number of aldehydes is 1. The first kappa shape index (κ1) is 13.8. The summed E-state index contributed by atoms with van der Waals surface area (Å²) in [5, 5.41) is 9.51. The van der Waals surface area contributed by atoms with E-state index in [4.69, 9.17) is 9.47 Å². The molecule has 0 fully saturated rings. The van der Waals surface area contributed by atoms with Gasteiger partial charge in [-0.3, -0.25) is 4.79 Å². The lowest BCUT2D eigenvalue weighted by molar-refractivity contribution is -0.137. The molecule has 0 heterocycles. The van der Waals surface area contributed by atoms with E-state index in [1.54, 1.807) is 6.92 Å². The highest BCUT2D eigenvalue weighted by atomic mass is 16.5. The van der Waals surface area contributed by atoms with E-state index >= 15 is 0 Å². The van der Waals surface area contributed by atoms with Crippen molar-refractivity contribution in [2.24, 2.45) is 0 Å². The van der Waals surface area contributed by atoms with Gasteiger partial charge < -0.3 is 14.6 Å². The van der Waals surface area contributed by atoms with Gasteiger partial charge in [0.25, 0.3) is 0 Å². The molecule has 0 saturated heterocycles. The molecule has 5 heteroatoms. The summed E-state index contributed by atoms with van der Waals surface area (Å²) in [6.07, 6.45) is 3.23. The molecule has 0 aliphatic carbocycles. The minimum atomic E-state index is -0.499. The largest absolute Gasteiger partial charge is 0.504 e. The second-order valence-corrected chi connectivity index (χ2v) is 3.36. The molecule has 1 aromatic carbocycles. The second-order valence-electron chi connectivity index (χ2n) is 3.36. The molecule has 0 spiro atoms. The van der Waals surface area contributed by atoms with Crippen molar-refractivity contribution in [3.8, 4) is 11.5 Å². The summed E-state index contributed by atoms with van der Waals surface area (Å²) in [6, 6.07) is 2.74. The van der Waals surface area contributed by atoms with Crippen molar-refractivity contribution in [1.82, 2.24) is 0 Å². The van der Waals surface area contributed by atoms with Gasteiger partial charge in [-0.15, -0.1) is 0 Å². The van der Waals surface area contributed by atoms with Crippen LogP contribution in [0.5, 0.6) is 11.5 Å². The molecule has 0 aromatic heterocycles. The number of esters is 1. The topological polar surface area (TPSA) is 72.8 Å². The number of carbonyl (C=O) groups is 2. The molecule has 0 unspecified atom stereocenters. The van der Waals surface area contributed by atoms with Crippen LogP contribution in [0.3, 0.4) is 0 Å². The summed E-state index contributed by atoms with van der Waals surface area (Å²) in [5.41, 5.74) is 0.724. The Morgan fingerprint density at radius 3 is 2.67 bits per heavy atom. The predicted octanol–water partition coefficient (Wildman–Crippen LogP) is 1.79. The van der Waals surface area contributed by atoms with Crippen LogP contribution in [0, 0.1) is 0 Å². The van der Waals surface area contributed by atoms with Crippen LogP contribution >= 0.6 is 0 Å². The van der Waals surface area contributed by atoms with Crippen LogP contribution in [0.4, 0.5) is 0 Å². The van der Waals surface area contributed by atoms with Crippen LogP contribution in [-0.2, 0) is 9.53 Å². The van der Waals surface area contributed by atoms with Gasteiger partial charge in [0.15, 0.2) is 17.8 Å². The van der Waals surface area contributed by atoms with Crippen LogP contribution < -0.4 is 4.74 Å². The number of benzene rings is 1. The van der Waals surface area contributed by atoms with Crippen LogP contribution in [0.25, 0.3) is 6.08 Å². The highest BCUT2D eigenvalue weighted by Gasteiger charge is 2.07. The zero-order valence-electron chi connectivity index (χ0n) is 10.2. The number of phenolic OH excluding ortho intramolecular Hbond substituents is 1. The fraction of sp³-hybridized carbons (Fsp3) is 0.231. The number of carbonyl (C=O) groups excluding carboxylic acids is 2. The molecule has 18 heavy (non-hydrogen) atoms. The fourth-order valence-electron chi connectivity index (χ4n) is 1.36. The van der Waals surface area contributed by atoms with E-state index in [2.05, 4.69) is 0 Å². The van der Waals surface area contributed by atoms with Crippen molar-refractivity contribution in [2.45, 2.75) is 6.92 Å². The van der Waals surface area contributed by atoms with Crippen LogP contribution in [0.15, 0.2) is 18.2 Å². The van der Waals surface area contributed by atoms with E-state index in [1.807, 2.05) is 0 Å². The Labute approximate surface area is 105 Å². The summed E-state index contributed by atoms with van der Waals surface area (Å²) in [5.74, 6) is -0.404. The standard InChI is InChI=1S/C13H14O5/c1-3-18-13(16)5-4-9-7-12(17-2)11(15)6-10(9)8-14/h4-8,15H,3H2,1-2H3. The van der Waals surface area contributed by atoms with E-state index in [1.165, 1.54) is 31.4 Å². The molecular formula is C13H14O5. The lowest BCUT2D eigenvalue weighted by atomic mass is 10.1. The highest BCUT2D eigenvalue weighted by molar-refractivity contribution is 5.90. The van der Waals surface area contributed by atoms with Gasteiger partial charge in [-0.2, -0.15) is 0 Å². The Morgan fingerprint density at radius 1 is 1.39 bits per heavy atom. The summed E-state index contributed by atoms with van der Waals surface area (Å²) >= 11 is 0. The van der Waals surface area contributed by atoms with Gasteiger partial charge in [-0.05, 0) is 30.7 Å². The van der Waals surface area contributed by atoms with Crippen molar-refractivity contribution >= 4 is 18.3 Å². The van der Waals surface area contributed by atoms with Crippen LogP contribution in [0.1, 0.15) is 22.8 Å². The van der Waals surface area contributed by atoms with E-state index < -0.39 is 5.97 Å². The minimum absolute atomic E-state index is 0.132. The maximum Gasteiger partial charge on any atom is 0.330 e. The van der Waals surface area contributed by atoms with Crippen molar-refractivity contribution in [3.63, 3.8) is 0 Å². The Morgan fingerprint density at radius 2 is 2.11 bits per heavy atom. The zero-order chi connectivity index (χ0) is 13.5. The third-order valence-electron chi connectivity index (χ3n) is 2.20. The Kier molecular flexibility index (Phi) is 4.92. The number of ether oxygens (including phenoxy) is 2. The summed E-state index contributed by atoms with van der Waals surface area (Å²) in [4.78, 5) is 22.0. The number of hydrogen-bond donors (Lipinski definition) is 1. The Bertz CT molecular complexity index is 477. The number of rotatable bonds is 5. The Hall–Kier alpha value is -2.30. The summed E-state index contributed by atoms with van der Waals surface area (Å²) in [7, 11) is 1.40. The normalized spacial score (nSPS) is 10.3. The van der Waals surface area contributed by atoms with Gasteiger partial charge in [0, 0.05) is 11.6 Å². The molecule has 0 bridgehead atoms. The van der Waals surface area contributed by atoms with Crippen LogP contribution in [-0.4, -0.2) is 31.1 Å². The smallest absolute Gasteiger partial charge is 0.330 e. The molecule has 5 nitrogen and oxygen atoms in total. The number of aromatic hydroxyl groups is 1. The molecule has 0 aliphatic heterocycles. The third kappa shape index (κ3) is 3.35. The van der Waals surface area contributed by atoms with E-state index in [9.17, 15) is 14.7 Å². The molecule has 0 aliphatic rings. The lowest BCUT2D eigenvalue weighted by Crippen LogP contribution is -1.99. The zero-order valence-corrected chi connectivity index (χ0v) is 10.2. The van der Waals surface area contributed by atoms with Gasteiger partial charge in [0.05, 0.1) is 13.7 Å². The third-order valence-corrected chi connectivity index (χ3v) is 2.20. The first-order chi connectivity index (χ1) is 8.62. The summed E-state index contributed by atoms with van der Waals surface area (Å²) in [6.45, 7) is 1.98. The van der Waals surface area contributed by atoms with E-state index in [0.717, 1.165) is 0 Å². The highest BCUT2D eigenvalue weighted by Crippen LogP contribution is 2.29. The maximum atomic E-state index is 11.2. The average molecular weight is 250 g/mol. The molecule has 1 aromatic rings. The van der Waals surface area contributed by atoms with Crippen molar-refractivity contribution in [3.05, 3.63) is 29.3 Å². The van der Waals surface area contributed by atoms with Gasteiger partial charge in [-0.25, -0.2) is 4.79 Å². The SMILES string of the molecule is CCOC(=O)C=Cc1cc(OC)c(O)cc1C=O. The number of methoxy groups -OCH3 is 1. The molecule has 0 amide bonds. The molecule has 0 saturated carbocycles. The molecule has 1 N–H and O–H groups in total. The summed E-state index contributed by atoms with van der Waals surface area (Å²) < 4.78 is 9.65. The Balaban J connectivity index is 3.06. The van der Waals surface area contributed by atoms with E-state index in [-0.39, 0.29) is 23.7 Å². The van der Waals surface area contributed by atoms with Crippen molar-refractivity contribution in [2.75, 3.05) is 13.7 Å². The first-order valence-corrected chi connectivity index (χ1v) is 5.33. The maximum absolute atomic E-state index is 11.2. The fourth-order valence-corrected chi connectivity index (χ4v) is 1.36. The molecule has 0 atom stereocenters. The number of phenols is 1. The first-order valence-electron chi connectivity index (χ1n) is 5.33. The molecule has 0 radical (unpaired) electrons. The van der Waals surface area contributed by atoms with Crippen molar-refractivity contribution < 1.29 is 24.2 Å². The molecular weight excluding hydrogens is 236 g/mol. The molecule has 1 rings (SSSR count). The average Bonchev–Trinajstić information content (AvgIpc) is 2.37. The second kappa shape index (κ2) is 6.44. The van der Waals surface area contributed by atoms with Gasteiger partial charge in [0.2, 0.25) is 0 Å². The lowest BCUT2D eigenvalue weighted by Gasteiger charge is -2.06. The van der Waals surface area contributed by atoms with Crippen molar-refractivity contribution in [1.29, 1.82) is 0 Å². The monoisotopic (exact) mass is 250 g/mol. The molecule has 96 valence electrons.